The molecule has 0 bridgehead atoms. The van der Waals surface area contributed by atoms with Crippen LogP contribution in [0.15, 0.2) is 24.3 Å². The van der Waals surface area contributed by atoms with Crippen molar-refractivity contribution >= 4 is 9.28 Å². The van der Waals surface area contributed by atoms with Gasteiger partial charge in [0.2, 0.25) is 0 Å². The van der Waals surface area contributed by atoms with Crippen LogP contribution in [-0.4, -0.2) is 23.5 Å². The van der Waals surface area contributed by atoms with Crippen molar-refractivity contribution in [3.05, 3.63) is 35.4 Å². The Hall–Kier alpha value is -0.643. The van der Waals surface area contributed by atoms with Crippen molar-refractivity contribution in [2.45, 2.75) is 25.8 Å². The summed E-state index contributed by atoms with van der Waals surface area (Å²) in [6.45, 7) is 4.43. The normalized spacial score (nSPS) is 11.3. The molecule has 1 aromatic rings. The highest BCUT2D eigenvalue weighted by molar-refractivity contribution is 6.43. The molecule has 0 aromatic heterocycles. The van der Waals surface area contributed by atoms with Gasteiger partial charge < -0.3 is 8.85 Å². The summed E-state index contributed by atoms with van der Waals surface area (Å²) in [6.07, 6.45) is 0. The number of hydrogen-bond donors (Lipinski definition) is 0. The molecule has 0 amide bonds. The van der Waals surface area contributed by atoms with Crippen LogP contribution in [-0.2, 0) is 14.9 Å². The second kappa shape index (κ2) is 6.05. The molecule has 0 fully saturated rings. The topological polar surface area (TPSA) is 18.5 Å². The van der Waals surface area contributed by atoms with Gasteiger partial charge in [0.05, 0.1) is 0 Å². The van der Waals surface area contributed by atoms with Crippen LogP contribution in [0.5, 0.6) is 0 Å². The summed E-state index contributed by atoms with van der Waals surface area (Å²) in [4.78, 5) is 0. The van der Waals surface area contributed by atoms with E-state index in [0.29, 0.717) is 5.92 Å². The van der Waals surface area contributed by atoms with Crippen LogP contribution in [0.4, 0.5) is 0 Å². The van der Waals surface area contributed by atoms with Gasteiger partial charge in [-0.15, -0.1) is 0 Å². The summed E-state index contributed by atoms with van der Waals surface area (Å²) in [5.41, 5.74) is 2.75. The number of hydrogen-bond acceptors (Lipinski definition) is 2. The molecule has 0 spiro atoms. The van der Waals surface area contributed by atoms with Gasteiger partial charge in [0.1, 0.15) is 0 Å². The molecule has 15 heavy (non-hydrogen) atoms. The lowest BCUT2D eigenvalue weighted by atomic mass is 9.98. The van der Waals surface area contributed by atoms with Gasteiger partial charge in [-0.2, -0.15) is 0 Å². The fraction of sp³-hybridized carbons (Fsp3) is 0.500. The molecule has 83 valence electrons. The number of benzene rings is 1. The van der Waals surface area contributed by atoms with Gasteiger partial charge in [0, 0.05) is 20.3 Å². The summed E-state index contributed by atoms with van der Waals surface area (Å²) < 4.78 is 10.6. The first-order valence-electron chi connectivity index (χ1n) is 5.20. The fourth-order valence-electron chi connectivity index (χ4n) is 1.64. The third-order valence-corrected chi connectivity index (χ3v) is 4.05. The third-order valence-electron chi connectivity index (χ3n) is 2.47. The van der Waals surface area contributed by atoms with Gasteiger partial charge in [-0.1, -0.05) is 38.1 Å². The van der Waals surface area contributed by atoms with Crippen molar-refractivity contribution in [2.24, 2.45) is 0 Å². The van der Waals surface area contributed by atoms with E-state index < -0.39 is 9.28 Å². The molecule has 0 saturated heterocycles. The molecule has 0 N–H and O–H groups in total. The smallest absolute Gasteiger partial charge is 0.388 e. The number of rotatable bonds is 5. The van der Waals surface area contributed by atoms with Gasteiger partial charge >= 0.3 is 9.28 Å². The quantitative estimate of drug-likeness (QED) is 0.715. The van der Waals surface area contributed by atoms with E-state index in [4.69, 9.17) is 8.85 Å². The summed E-state index contributed by atoms with van der Waals surface area (Å²) in [5, 5.41) is 0. The Bertz CT molecular complexity index is 295. The molecule has 2 nitrogen and oxygen atoms in total. The van der Waals surface area contributed by atoms with E-state index in [0.717, 1.165) is 6.04 Å². The van der Waals surface area contributed by atoms with Crippen LogP contribution in [0.25, 0.3) is 0 Å². The lowest BCUT2D eigenvalue weighted by Gasteiger charge is -2.15. The Balaban J connectivity index is 2.83. The molecule has 1 radical (unpaired) electrons. The van der Waals surface area contributed by atoms with Gasteiger partial charge in [-0.25, -0.2) is 0 Å². The summed E-state index contributed by atoms with van der Waals surface area (Å²) in [6, 6.07) is 9.42. The Morgan fingerprint density at radius 3 is 2.27 bits per heavy atom. The highest BCUT2D eigenvalue weighted by atomic mass is 28.3. The summed E-state index contributed by atoms with van der Waals surface area (Å²) in [5.74, 6) is 0.554. The average molecular weight is 223 g/mol. The molecule has 0 aliphatic carbocycles. The van der Waals surface area contributed by atoms with E-state index in [-0.39, 0.29) is 0 Å². The Labute approximate surface area is 94.1 Å². The molecule has 3 heteroatoms. The zero-order valence-corrected chi connectivity index (χ0v) is 10.9. The van der Waals surface area contributed by atoms with Crippen molar-refractivity contribution in [2.75, 3.05) is 14.2 Å². The van der Waals surface area contributed by atoms with Gasteiger partial charge in [-0.3, -0.25) is 0 Å². The SMILES string of the molecule is CO[Si](Cc1ccccc1C(C)C)OC. The second-order valence-corrected chi connectivity index (χ2v) is 5.72. The van der Waals surface area contributed by atoms with Crippen molar-refractivity contribution < 1.29 is 8.85 Å². The zero-order chi connectivity index (χ0) is 11.3. The molecular weight excluding hydrogens is 204 g/mol. The lowest BCUT2D eigenvalue weighted by Crippen LogP contribution is -2.23. The lowest BCUT2D eigenvalue weighted by molar-refractivity contribution is 0.277. The van der Waals surface area contributed by atoms with E-state index in [1.165, 1.54) is 11.1 Å². The molecular formula is C12H19O2Si. The minimum Gasteiger partial charge on any atom is -0.397 e. The van der Waals surface area contributed by atoms with Crippen molar-refractivity contribution in [1.82, 2.24) is 0 Å². The van der Waals surface area contributed by atoms with Crippen molar-refractivity contribution in [3.63, 3.8) is 0 Å². The molecule has 0 aliphatic rings. The second-order valence-electron chi connectivity index (χ2n) is 3.81. The molecule has 1 rings (SSSR count). The predicted molar refractivity (Wildman–Crippen MR) is 64.0 cm³/mol. The highest BCUT2D eigenvalue weighted by Gasteiger charge is 2.16. The predicted octanol–water partition coefficient (Wildman–Crippen LogP) is 2.67. The Morgan fingerprint density at radius 2 is 1.73 bits per heavy atom. The molecule has 1 aromatic carbocycles. The van der Waals surface area contributed by atoms with Crippen LogP contribution in [0.3, 0.4) is 0 Å². The van der Waals surface area contributed by atoms with E-state index >= 15 is 0 Å². The molecule has 0 atom stereocenters. The summed E-state index contributed by atoms with van der Waals surface area (Å²) >= 11 is 0. The van der Waals surface area contributed by atoms with Gasteiger partial charge in [0.25, 0.3) is 0 Å². The van der Waals surface area contributed by atoms with Gasteiger partial charge in [-0.05, 0) is 17.0 Å². The maximum absolute atomic E-state index is 5.32. The van der Waals surface area contributed by atoms with Crippen molar-refractivity contribution in [1.29, 1.82) is 0 Å². The van der Waals surface area contributed by atoms with Crippen LogP contribution in [0, 0.1) is 0 Å². The standard InChI is InChI=1S/C12H19O2Si/c1-10(2)12-8-6-5-7-11(12)9-15(13-3)14-4/h5-8,10H,9H2,1-4H3. The van der Waals surface area contributed by atoms with E-state index in [1.807, 2.05) is 0 Å². The van der Waals surface area contributed by atoms with Crippen LogP contribution in [0.2, 0.25) is 0 Å². The zero-order valence-electron chi connectivity index (χ0n) is 9.91. The minimum atomic E-state index is -1.13. The average Bonchev–Trinajstić information content (AvgIpc) is 2.26. The van der Waals surface area contributed by atoms with Crippen LogP contribution >= 0.6 is 0 Å². The first kappa shape index (κ1) is 12.4. The molecule has 0 heterocycles. The first-order chi connectivity index (χ1) is 7.19. The largest absolute Gasteiger partial charge is 0.397 e. The Morgan fingerprint density at radius 1 is 1.13 bits per heavy atom. The first-order valence-corrected chi connectivity index (χ1v) is 6.73. The third kappa shape index (κ3) is 3.45. The van der Waals surface area contributed by atoms with Gasteiger partial charge in [0.15, 0.2) is 0 Å². The molecule has 0 aliphatic heterocycles. The van der Waals surface area contributed by atoms with E-state index in [9.17, 15) is 0 Å². The molecule has 0 saturated carbocycles. The van der Waals surface area contributed by atoms with Crippen LogP contribution < -0.4 is 0 Å². The maximum Gasteiger partial charge on any atom is 0.388 e. The monoisotopic (exact) mass is 223 g/mol. The maximum atomic E-state index is 5.32. The Kier molecular flexibility index (Phi) is 5.01. The van der Waals surface area contributed by atoms with E-state index in [1.54, 1.807) is 14.2 Å². The highest BCUT2D eigenvalue weighted by Crippen LogP contribution is 2.20. The minimum absolute atomic E-state index is 0.554. The summed E-state index contributed by atoms with van der Waals surface area (Å²) in [7, 11) is 2.31. The molecule has 0 unspecified atom stereocenters. The van der Waals surface area contributed by atoms with Crippen LogP contribution in [0.1, 0.15) is 30.9 Å². The van der Waals surface area contributed by atoms with E-state index in [2.05, 4.69) is 38.1 Å². The fourth-order valence-corrected chi connectivity index (χ4v) is 2.73. The van der Waals surface area contributed by atoms with Crippen molar-refractivity contribution in [3.8, 4) is 0 Å².